The summed E-state index contributed by atoms with van der Waals surface area (Å²) in [5.41, 5.74) is 0.621. The van der Waals surface area contributed by atoms with Crippen LogP contribution in [0.3, 0.4) is 0 Å². The van der Waals surface area contributed by atoms with E-state index in [0.717, 1.165) is 19.4 Å². The van der Waals surface area contributed by atoms with E-state index in [1.54, 1.807) is 6.07 Å². The molecule has 0 spiro atoms. The summed E-state index contributed by atoms with van der Waals surface area (Å²) >= 11 is 1.30. The first-order valence-corrected chi connectivity index (χ1v) is 11.1. The first-order chi connectivity index (χ1) is 14.6. The van der Waals surface area contributed by atoms with Crippen molar-refractivity contribution in [1.29, 1.82) is 0 Å². The Morgan fingerprint density at radius 3 is 2.90 bits per heavy atom. The molecule has 3 heterocycles. The van der Waals surface area contributed by atoms with Gasteiger partial charge in [0.2, 0.25) is 11.9 Å². The number of nitrogens with one attached hydrogen (secondary N) is 1. The third-order valence-corrected chi connectivity index (χ3v) is 6.20. The molecule has 1 aromatic carbocycles. The van der Waals surface area contributed by atoms with Crippen molar-refractivity contribution in [2.24, 2.45) is 0 Å². The monoisotopic (exact) mass is 435 g/mol. The van der Waals surface area contributed by atoms with Gasteiger partial charge in [0.1, 0.15) is 5.82 Å². The van der Waals surface area contributed by atoms with Gasteiger partial charge in [0, 0.05) is 26.2 Å². The molecule has 162 valence electrons. The Kier molecular flexibility index (Phi) is 6.86. The smallest absolute Gasteiger partial charge is 0.233 e. The first-order valence-electron chi connectivity index (χ1n) is 10.2. The second kappa shape index (κ2) is 9.76. The molecule has 30 heavy (non-hydrogen) atoms. The number of aromatic nitrogens is 3. The number of carbonyl (C=O) groups excluding carboxylic acids is 1. The Morgan fingerprint density at radius 1 is 1.33 bits per heavy atom. The third-order valence-electron chi connectivity index (χ3n) is 5.16. The summed E-state index contributed by atoms with van der Waals surface area (Å²) in [7, 11) is 0. The number of hydrogen-bond donors (Lipinski definition) is 1. The SMILES string of the molecule is CC(Sc1nnc(N2CCOCC2)n1-c1cccc(F)c1)C(=O)NCC1CCCO1. The van der Waals surface area contributed by atoms with E-state index in [-0.39, 0.29) is 23.1 Å². The summed E-state index contributed by atoms with van der Waals surface area (Å²) in [4.78, 5) is 14.6. The Morgan fingerprint density at radius 2 is 2.17 bits per heavy atom. The van der Waals surface area contributed by atoms with Gasteiger partial charge in [-0.05, 0) is 38.0 Å². The normalized spacial score (nSPS) is 20.3. The van der Waals surface area contributed by atoms with Crippen molar-refractivity contribution in [3.05, 3.63) is 30.1 Å². The van der Waals surface area contributed by atoms with Gasteiger partial charge in [-0.25, -0.2) is 4.39 Å². The van der Waals surface area contributed by atoms with Crippen molar-refractivity contribution in [1.82, 2.24) is 20.1 Å². The van der Waals surface area contributed by atoms with Gasteiger partial charge in [-0.2, -0.15) is 0 Å². The number of thioether (sulfide) groups is 1. The molecule has 0 bridgehead atoms. The molecule has 1 N–H and O–H groups in total. The zero-order valence-corrected chi connectivity index (χ0v) is 17.7. The molecule has 2 fully saturated rings. The second-order valence-corrected chi connectivity index (χ2v) is 8.65. The van der Waals surface area contributed by atoms with Gasteiger partial charge < -0.3 is 19.7 Å². The van der Waals surface area contributed by atoms with Gasteiger partial charge in [-0.3, -0.25) is 9.36 Å². The number of carbonyl (C=O) groups is 1. The fourth-order valence-electron chi connectivity index (χ4n) is 3.52. The molecule has 1 amide bonds. The molecule has 4 rings (SSSR count). The average molecular weight is 436 g/mol. The topological polar surface area (TPSA) is 81.5 Å². The quantitative estimate of drug-likeness (QED) is 0.667. The van der Waals surface area contributed by atoms with E-state index in [4.69, 9.17) is 9.47 Å². The fourth-order valence-corrected chi connectivity index (χ4v) is 4.41. The predicted molar refractivity (Wildman–Crippen MR) is 112 cm³/mol. The third kappa shape index (κ3) is 4.93. The van der Waals surface area contributed by atoms with Crippen molar-refractivity contribution in [3.63, 3.8) is 0 Å². The van der Waals surface area contributed by atoms with Gasteiger partial charge in [-0.1, -0.05) is 17.8 Å². The summed E-state index contributed by atoms with van der Waals surface area (Å²) in [5.74, 6) is 0.197. The van der Waals surface area contributed by atoms with Crippen molar-refractivity contribution in [2.75, 3.05) is 44.4 Å². The number of ether oxygens (including phenoxy) is 2. The highest BCUT2D eigenvalue weighted by atomic mass is 32.2. The maximum atomic E-state index is 13.9. The van der Waals surface area contributed by atoms with E-state index in [1.165, 1.54) is 23.9 Å². The van der Waals surface area contributed by atoms with Crippen LogP contribution in [0.15, 0.2) is 29.4 Å². The van der Waals surface area contributed by atoms with Gasteiger partial charge >= 0.3 is 0 Å². The first kappa shape index (κ1) is 21.1. The molecule has 1 aromatic heterocycles. The largest absolute Gasteiger partial charge is 0.378 e. The molecule has 2 unspecified atom stereocenters. The van der Waals surface area contributed by atoms with E-state index < -0.39 is 0 Å². The van der Waals surface area contributed by atoms with Crippen LogP contribution in [0, 0.1) is 5.82 Å². The van der Waals surface area contributed by atoms with Crippen LogP contribution in [0.4, 0.5) is 10.3 Å². The van der Waals surface area contributed by atoms with Crippen LogP contribution in [0.25, 0.3) is 5.69 Å². The summed E-state index contributed by atoms with van der Waals surface area (Å²) in [6, 6.07) is 6.30. The molecule has 0 aliphatic carbocycles. The van der Waals surface area contributed by atoms with Crippen LogP contribution < -0.4 is 10.2 Å². The number of hydrogen-bond acceptors (Lipinski definition) is 7. The standard InChI is InChI=1S/C20H26FN5O3S/c1-14(18(27)22-13-17-6-3-9-29-17)30-20-24-23-19(25-7-10-28-11-8-25)26(20)16-5-2-4-15(21)12-16/h2,4-5,12,14,17H,3,6-11,13H2,1H3,(H,22,27). The highest BCUT2D eigenvalue weighted by Gasteiger charge is 2.25. The number of nitrogens with zero attached hydrogens (tertiary/aromatic N) is 4. The van der Waals surface area contributed by atoms with Gasteiger partial charge in [0.05, 0.1) is 30.3 Å². The highest BCUT2D eigenvalue weighted by molar-refractivity contribution is 8.00. The fraction of sp³-hybridized carbons (Fsp3) is 0.550. The van der Waals surface area contributed by atoms with Crippen LogP contribution in [-0.4, -0.2) is 71.5 Å². The number of halogens is 1. The van der Waals surface area contributed by atoms with E-state index >= 15 is 0 Å². The Balaban J connectivity index is 1.53. The molecular formula is C20H26FN5O3S. The lowest BCUT2D eigenvalue weighted by atomic mass is 10.2. The van der Waals surface area contributed by atoms with Crippen LogP contribution in [0.5, 0.6) is 0 Å². The van der Waals surface area contributed by atoms with Crippen LogP contribution >= 0.6 is 11.8 Å². The van der Waals surface area contributed by atoms with Crippen molar-refractivity contribution >= 4 is 23.6 Å². The summed E-state index contributed by atoms with van der Waals surface area (Å²) in [6.45, 7) is 5.64. The zero-order valence-electron chi connectivity index (χ0n) is 16.9. The maximum Gasteiger partial charge on any atom is 0.233 e. The van der Waals surface area contributed by atoms with E-state index in [0.29, 0.717) is 49.6 Å². The molecule has 2 aliphatic rings. The van der Waals surface area contributed by atoms with Crippen LogP contribution in [-0.2, 0) is 14.3 Å². The zero-order chi connectivity index (χ0) is 20.9. The molecule has 0 saturated carbocycles. The Hall–Kier alpha value is -2.17. The predicted octanol–water partition coefficient (Wildman–Crippen LogP) is 2.02. The van der Waals surface area contributed by atoms with Gasteiger partial charge in [-0.15, -0.1) is 10.2 Å². The number of amides is 1. The summed E-state index contributed by atoms with van der Waals surface area (Å²) < 4.78 is 26.7. The minimum atomic E-state index is -0.388. The molecule has 2 aromatic rings. The average Bonchev–Trinajstić information content (AvgIpc) is 3.42. The van der Waals surface area contributed by atoms with Crippen molar-refractivity contribution in [2.45, 2.75) is 36.3 Å². The Bertz CT molecular complexity index is 868. The number of rotatable bonds is 7. The molecular weight excluding hydrogens is 409 g/mol. The Labute approximate surface area is 179 Å². The molecule has 10 heteroatoms. The van der Waals surface area contributed by atoms with Gasteiger partial charge in [0.25, 0.3) is 0 Å². The number of morpholine rings is 1. The van der Waals surface area contributed by atoms with Crippen LogP contribution in [0.1, 0.15) is 19.8 Å². The molecule has 2 aliphatic heterocycles. The van der Waals surface area contributed by atoms with E-state index in [9.17, 15) is 9.18 Å². The molecule has 8 nitrogen and oxygen atoms in total. The number of benzene rings is 1. The minimum absolute atomic E-state index is 0.0859. The number of anilines is 1. The van der Waals surface area contributed by atoms with Crippen molar-refractivity contribution < 1.29 is 18.7 Å². The van der Waals surface area contributed by atoms with Crippen molar-refractivity contribution in [3.8, 4) is 5.69 Å². The minimum Gasteiger partial charge on any atom is -0.378 e. The highest BCUT2D eigenvalue weighted by Crippen LogP contribution is 2.30. The van der Waals surface area contributed by atoms with Gasteiger partial charge in [0.15, 0.2) is 5.16 Å². The summed E-state index contributed by atoms with van der Waals surface area (Å²) in [6.07, 6.45) is 2.10. The lowest BCUT2D eigenvalue weighted by molar-refractivity contribution is -0.120. The maximum absolute atomic E-state index is 13.9. The lowest BCUT2D eigenvalue weighted by Crippen LogP contribution is -2.38. The molecule has 0 radical (unpaired) electrons. The molecule has 2 atom stereocenters. The van der Waals surface area contributed by atoms with Crippen LogP contribution in [0.2, 0.25) is 0 Å². The summed E-state index contributed by atoms with van der Waals surface area (Å²) in [5, 5.41) is 11.8. The van der Waals surface area contributed by atoms with E-state index in [1.807, 2.05) is 17.6 Å². The lowest BCUT2D eigenvalue weighted by Gasteiger charge is -2.28. The van der Waals surface area contributed by atoms with E-state index in [2.05, 4.69) is 20.4 Å². The second-order valence-electron chi connectivity index (χ2n) is 7.34. The molecule has 2 saturated heterocycles.